The van der Waals surface area contributed by atoms with E-state index in [2.05, 4.69) is 10.6 Å². The molecule has 3 heterocycles. The molecule has 1 unspecified atom stereocenters. The molecule has 164 valence electrons. The molecule has 0 spiro atoms. The van der Waals surface area contributed by atoms with Gasteiger partial charge in [0.2, 0.25) is 11.8 Å². The zero-order valence-corrected chi connectivity index (χ0v) is 17.2. The normalized spacial score (nSPS) is 20.0. The van der Waals surface area contributed by atoms with Crippen LogP contribution in [-0.4, -0.2) is 46.1 Å². The van der Waals surface area contributed by atoms with Gasteiger partial charge in [0.05, 0.1) is 0 Å². The van der Waals surface area contributed by atoms with Crippen LogP contribution in [0.25, 0.3) is 0 Å². The summed E-state index contributed by atoms with van der Waals surface area (Å²) in [5, 5.41) is 5.15. The summed E-state index contributed by atoms with van der Waals surface area (Å²) in [5.74, 6) is -1.32. The average molecular weight is 436 g/mol. The predicted molar refractivity (Wildman–Crippen MR) is 112 cm³/mol. The Hall–Kier alpha value is -3.75. The van der Waals surface area contributed by atoms with E-state index in [1.807, 2.05) is 0 Å². The van der Waals surface area contributed by atoms with Crippen molar-refractivity contribution in [3.05, 3.63) is 64.5 Å². The summed E-state index contributed by atoms with van der Waals surface area (Å²) in [6, 6.07) is 8.71. The first-order valence-corrected chi connectivity index (χ1v) is 10.5. The molecule has 32 heavy (non-hydrogen) atoms. The minimum Gasteiger partial charge on any atom is -0.322 e. The molecule has 0 radical (unpaired) electrons. The van der Waals surface area contributed by atoms with Gasteiger partial charge in [-0.15, -0.1) is 0 Å². The number of carbonyl (C=O) groups is 4. The second kappa shape index (κ2) is 7.74. The Morgan fingerprint density at radius 3 is 2.66 bits per heavy atom. The lowest BCUT2D eigenvalue weighted by Gasteiger charge is -2.29. The van der Waals surface area contributed by atoms with E-state index in [0.717, 1.165) is 16.7 Å². The van der Waals surface area contributed by atoms with Crippen molar-refractivity contribution in [1.82, 2.24) is 15.1 Å². The zero-order valence-electron chi connectivity index (χ0n) is 17.2. The van der Waals surface area contributed by atoms with Gasteiger partial charge in [-0.2, -0.15) is 0 Å². The third-order valence-electron chi connectivity index (χ3n) is 6.24. The second-order valence-corrected chi connectivity index (χ2v) is 8.29. The third-order valence-corrected chi connectivity index (χ3v) is 6.24. The molecule has 8 nitrogen and oxygen atoms in total. The van der Waals surface area contributed by atoms with Crippen LogP contribution in [0.3, 0.4) is 0 Å². The highest BCUT2D eigenvalue weighted by Gasteiger charge is 2.39. The van der Waals surface area contributed by atoms with Gasteiger partial charge < -0.3 is 15.1 Å². The molecular weight excluding hydrogens is 415 g/mol. The molecule has 3 aliphatic heterocycles. The van der Waals surface area contributed by atoms with Crippen LogP contribution < -0.4 is 10.6 Å². The number of benzene rings is 2. The van der Waals surface area contributed by atoms with Gasteiger partial charge in [0.1, 0.15) is 11.9 Å². The molecule has 3 aliphatic rings. The zero-order chi connectivity index (χ0) is 22.4. The van der Waals surface area contributed by atoms with E-state index in [1.54, 1.807) is 29.2 Å². The van der Waals surface area contributed by atoms with E-state index >= 15 is 0 Å². The number of nitrogens with one attached hydrogen (secondary N) is 2. The van der Waals surface area contributed by atoms with Gasteiger partial charge in [0, 0.05) is 37.3 Å². The van der Waals surface area contributed by atoms with Gasteiger partial charge >= 0.3 is 6.03 Å². The molecule has 5 rings (SSSR count). The van der Waals surface area contributed by atoms with Gasteiger partial charge in [0.15, 0.2) is 0 Å². The number of carbonyl (C=O) groups excluding carboxylic acids is 4. The average Bonchev–Trinajstić information content (AvgIpc) is 3.09. The van der Waals surface area contributed by atoms with Crippen molar-refractivity contribution >= 4 is 29.4 Å². The van der Waals surface area contributed by atoms with E-state index in [0.29, 0.717) is 37.2 Å². The minimum absolute atomic E-state index is 0.198. The van der Waals surface area contributed by atoms with Crippen molar-refractivity contribution < 1.29 is 23.6 Å². The van der Waals surface area contributed by atoms with Gasteiger partial charge in [-0.3, -0.25) is 19.7 Å². The fraction of sp³-hybridized carbons (Fsp3) is 0.304. The van der Waals surface area contributed by atoms with Crippen molar-refractivity contribution in [2.45, 2.75) is 38.4 Å². The number of halogens is 1. The summed E-state index contributed by atoms with van der Waals surface area (Å²) < 4.78 is 13.4. The topological polar surface area (TPSA) is 98.8 Å². The van der Waals surface area contributed by atoms with E-state index < -0.39 is 11.9 Å². The molecule has 0 bridgehead atoms. The molecule has 1 fully saturated rings. The molecule has 2 aromatic carbocycles. The summed E-state index contributed by atoms with van der Waals surface area (Å²) >= 11 is 0. The monoisotopic (exact) mass is 436 g/mol. The lowest BCUT2D eigenvalue weighted by atomic mass is 10.00. The van der Waals surface area contributed by atoms with Crippen LogP contribution in [0, 0.1) is 5.82 Å². The van der Waals surface area contributed by atoms with E-state index in [4.69, 9.17) is 0 Å². The van der Waals surface area contributed by atoms with Gasteiger partial charge in [-0.05, 0) is 59.9 Å². The van der Waals surface area contributed by atoms with E-state index in [9.17, 15) is 23.6 Å². The number of piperidine rings is 1. The van der Waals surface area contributed by atoms with Crippen molar-refractivity contribution in [3.63, 3.8) is 0 Å². The predicted octanol–water partition coefficient (Wildman–Crippen LogP) is 2.18. The standard InChI is InChI=1S/C23H21FN4O4/c24-16-2-1-14-11-27(8-7-13(14)9-16)23(32)25-17-3-4-18-15(10-17)12-28(22(18)31)19-5-6-20(29)26-21(19)30/h1-4,9-10,19H,5-8,11-12H2,(H,25,32)(H,26,29,30). The number of hydrogen-bond acceptors (Lipinski definition) is 4. The summed E-state index contributed by atoms with van der Waals surface area (Å²) in [7, 11) is 0. The second-order valence-electron chi connectivity index (χ2n) is 8.29. The van der Waals surface area contributed by atoms with Crippen LogP contribution in [0.15, 0.2) is 36.4 Å². The van der Waals surface area contributed by atoms with Gasteiger partial charge in [-0.25, -0.2) is 9.18 Å². The molecule has 2 aromatic rings. The Balaban J connectivity index is 1.27. The van der Waals surface area contributed by atoms with E-state index in [-0.39, 0.29) is 36.6 Å². The summed E-state index contributed by atoms with van der Waals surface area (Å²) in [4.78, 5) is 52.3. The number of imide groups is 1. The molecule has 1 atom stereocenters. The number of urea groups is 1. The molecule has 0 aromatic heterocycles. The Bertz CT molecular complexity index is 1160. The maximum atomic E-state index is 13.4. The molecule has 2 N–H and O–H groups in total. The maximum absolute atomic E-state index is 13.4. The first-order valence-electron chi connectivity index (χ1n) is 10.5. The summed E-state index contributed by atoms with van der Waals surface area (Å²) in [5.41, 5.74) is 3.60. The molecule has 9 heteroatoms. The van der Waals surface area contributed by atoms with Gasteiger partial charge in [0.25, 0.3) is 5.91 Å². The number of fused-ring (bicyclic) bond motifs is 2. The highest BCUT2D eigenvalue weighted by atomic mass is 19.1. The summed E-state index contributed by atoms with van der Waals surface area (Å²) in [6.07, 6.45) is 1.08. The molecule has 0 saturated carbocycles. The fourth-order valence-corrected chi connectivity index (χ4v) is 4.55. The number of anilines is 1. The Labute approximate surface area is 183 Å². The highest BCUT2D eigenvalue weighted by molar-refractivity contribution is 6.05. The number of nitrogens with zero attached hydrogens (tertiary/aromatic N) is 2. The maximum Gasteiger partial charge on any atom is 0.322 e. The smallest absolute Gasteiger partial charge is 0.322 e. The number of hydrogen-bond donors (Lipinski definition) is 2. The van der Waals surface area contributed by atoms with Crippen molar-refractivity contribution in [2.75, 3.05) is 11.9 Å². The Morgan fingerprint density at radius 2 is 1.84 bits per heavy atom. The SMILES string of the molecule is O=C1CCC(N2Cc3cc(NC(=O)N4CCc5cc(F)ccc5C4)ccc3C2=O)C(=O)N1. The molecular formula is C23H21FN4O4. The Morgan fingerprint density at radius 1 is 1.00 bits per heavy atom. The summed E-state index contributed by atoms with van der Waals surface area (Å²) in [6.45, 7) is 1.12. The first-order chi connectivity index (χ1) is 15.4. The highest BCUT2D eigenvalue weighted by Crippen LogP contribution is 2.30. The van der Waals surface area contributed by atoms with Crippen LogP contribution in [-0.2, 0) is 29.1 Å². The van der Waals surface area contributed by atoms with Crippen molar-refractivity contribution in [2.24, 2.45) is 0 Å². The molecule has 5 amide bonds. The molecule has 1 saturated heterocycles. The van der Waals surface area contributed by atoms with Gasteiger partial charge in [-0.1, -0.05) is 6.07 Å². The van der Waals surface area contributed by atoms with Crippen LogP contribution in [0.4, 0.5) is 14.9 Å². The lowest BCUT2D eigenvalue weighted by molar-refractivity contribution is -0.136. The lowest BCUT2D eigenvalue weighted by Crippen LogP contribution is -2.52. The van der Waals surface area contributed by atoms with Crippen molar-refractivity contribution in [3.8, 4) is 0 Å². The van der Waals surface area contributed by atoms with Crippen molar-refractivity contribution in [1.29, 1.82) is 0 Å². The number of amides is 5. The van der Waals surface area contributed by atoms with Crippen LogP contribution in [0.1, 0.15) is 39.9 Å². The number of rotatable bonds is 2. The van der Waals surface area contributed by atoms with Crippen LogP contribution in [0.5, 0.6) is 0 Å². The van der Waals surface area contributed by atoms with Crippen LogP contribution >= 0.6 is 0 Å². The largest absolute Gasteiger partial charge is 0.322 e. The minimum atomic E-state index is -0.677. The first kappa shape index (κ1) is 20.2. The van der Waals surface area contributed by atoms with Crippen LogP contribution in [0.2, 0.25) is 0 Å². The van der Waals surface area contributed by atoms with E-state index in [1.165, 1.54) is 17.0 Å². The fourth-order valence-electron chi connectivity index (χ4n) is 4.55. The third kappa shape index (κ3) is 3.59. The molecule has 0 aliphatic carbocycles. The Kier molecular flexibility index (Phi) is 4.88. The quantitative estimate of drug-likeness (QED) is 0.705.